The highest BCUT2D eigenvalue weighted by atomic mass is 32.1. The molecule has 2 heterocycles. The van der Waals surface area contributed by atoms with Gasteiger partial charge in [0.1, 0.15) is 10.8 Å². The Bertz CT molecular complexity index is 1070. The lowest BCUT2D eigenvalue weighted by molar-refractivity contribution is -0.157. The number of aromatic nitrogens is 1. The Morgan fingerprint density at radius 3 is 2.74 bits per heavy atom. The largest absolute Gasteiger partial charge is 0.481 e. The number of hydrogen-bond acceptors (Lipinski definition) is 5. The van der Waals surface area contributed by atoms with E-state index in [1.165, 1.54) is 11.3 Å². The van der Waals surface area contributed by atoms with Crippen molar-refractivity contribution in [3.05, 3.63) is 47.6 Å². The number of likely N-dealkylation sites (tertiary alicyclic amines) is 1. The number of aryl methyl sites for hydroxylation is 1. The molecule has 5 nitrogen and oxygen atoms in total. The third-order valence-corrected chi connectivity index (χ3v) is 8.25. The summed E-state index contributed by atoms with van der Waals surface area (Å²) in [5, 5.41) is 11.2. The number of halogens is 1. The number of ether oxygens (including phenoxy) is 1. The monoisotopic (exact) mass is 486 g/mol. The van der Waals surface area contributed by atoms with Crippen molar-refractivity contribution < 1.29 is 19.0 Å². The van der Waals surface area contributed by atoms with Crippen LogP contribution in [0.4, 0.5) is 4.39 Å². The van der Waals surface area contributed by atoms with Crippen LogP contribution in [-0.4, -0.2) is 34.0 Å². The molecule has 2 atom stereocenters. The second kappa shape index (κ2) is 9.42. The highest BCUT2D eigenvalue weighted by Gasteiger charge is 2.50. The van der Waals surface area contributed by atoms with E-state index in [9.17, 15) is 14.3 Å². The highest BCUT2D eigenvalue weighted by Crippen LogP contribution is 2.49. The molecule has 1 unspecified atom stereocenters. The molecule has 1 aliphatic heterocycles. The van der Waals surface area contributed by atoms with Crippen LogP contribution in [0.5, 0.6) is 5.75 Å². The predicted octanol–water partition coefficient (Wildman–Crippen LogP) is 6.68. The normalized spacial score (nSPS) is 23.6. The third-order valence-electron chi connectivity index (χ3n) is 7.23. The Labute approximate surface area is 205 Å². The molecule has 2 aliphatic rings. The molecule has 1 aromatic heterocycles. The first-order valence-corrected chi connectivity index (χ1v) is 12.8. The minimum atomic E-state index is -0.848. The zero-order valence-corrected chi connectivity index (χ0v) is 21.4. The zero-order chi connectivity index (χ0) is 24.7. The van der Waals surface area contributed by atoms with Gasteiger partial charge in [-0.2, -0.15) is 4.39 Å². The Balaban J connectivity index is 1.58. The van der Waals surface area contributed by atoms with Crippen molar-refractivity contribution in [3.63, 3.8) is 0 Å². The maximum atomic E-state index is 13.4. The molecule has 184 valence electrons. The fourth-order valence-electron chi connectivity index (χ4n) is 5.11. The summed E-state index contributed by atoms with van der Waals surface area (Å²) in [5.41, 5.74) is 1.07. The van der Waals surface area contributed by atoms with Gasteiger partial charge >= 0.3 is 5.97 Å². The first-order valence-electron chi connectivity index (χ1n) is 12.0. The van der Waals surface area contributed by atoms with E-state index in [0.29, 0.717) is 30.7 Å². The molecule has 34 heavy (non-hydrogen) atoms. The number of thiazole rings is 1. The van der Waals surface area contributed by atoms with Crippen molar-refractivity contribution in [2.75, 3.05) is 13.1 Å². The molecular formula is C27H35FN2O3S. The summed E-state index contributed by atoms with van der Waals surface area (Å²) in [6, 6.07) is 4.81. The van der Waals surface area contributed by atoms with E-state index in [1.807, 2.05) is 19.1 Å². The van der Waals surface area contributed by atoms with E-state index in [-0.39, 0.29) is 5.41 Å². The van der Waals surface area contributed by atoms with Crippen LogP contribution >= 0.6 is 11.3 Å². The lowest BCUT2D eigenvalue weighted by atomic mass is 9.65. The molecule has 0 spiro atoms. The zero-order valence-electron chi connectivity index (χ0n) is 20.6. The molecule has 0 bridgehead atoms. The molecule has 4 rings (SSSR count). The summed E-state index contributed by atoms with van der Waals surface area (Å²) in [6.07, 6.45) is 5.60. The summed E-state index contributed by atoms with van der Waals surface area (Å²) in [7, 11) is 0. The first-order chi connectivity index (χ1) is 15.9. The van der Waals surface area contributed by atoms with Crippen molar-refractivity contribution in [1.29, 1.82) is 0 Å². The summed E-state index contributed by atoms with van der Waals surface area (Å²) < 4.78 is 18.6. The molecule has 2 fully saturated rings. The molecule has 7 heteroatoms. The summed E-state index contributed by atoms with van der Waals surface area (Å²) in [6.45, 7) is 13.8. The number of hydrogen-bond donors (Lipinski definition) is 1. The van der Waals surface area contributed by atoms with Gasteiger partial charge in [0.05, 0.1) is 16.8 Å². The third kappa shape index (κ3) is 5.69. The van der Waals surface area contributed by atoms with Crippen LogP contribution in [0.3, 0.4) is 0 Å². The average Bonchev–Trinajstić information content (AvgIpc) is 3.42. The van der Waals surface area contributed by atoms with Crippen molar-refractivity contribution >= 4 is 17.3 Å². The molecular weight excluding hydrogens is 451 g/mol. The number of carboxylic acids is 1. The first kappa shape index (κ1) is 24.9. The van der Waals surface area contributed by atoms with E-state index in [4.69, 9.17) is 4.74 Å². The summed E-state index contributed by atoms with van der Waals surface area (Å²) in [4.78, 5) is 20.4. The van der Waals surface area contributed by atoms with E-state index in [0.717, 1.165) is 53.2 Å². The van der Waals surface area contributed by atoms with Gasteiger partial charge in [-0.05, 0) is 61.3 Å². The number of carbonyl (C=O) groups is 1. The van der Waals surface area contributed by atoms with Crippen molar-refractivity contribution in [2.45, 2.75) is 59.9 Å². The Morgan fingerprint density at radius 2 is 2.12 bits per heavy atom. The molecule has 1 aromatic carbocycles. The minimum Gasteiger partial charge on any atom is -0.481 e. The quantitative estimate of drug-likeness (QED) is 0.422. The Hall–Kier alpha value is -2.25. The number of benzene rings is 1. The smallest absolute Gasteiger partial charge is 0.310 e. The molecule has 1 saturated carbocycles. The van der Waals surface area contributed by atoms with Crippen LogP contribution in [0, 0.1) is 29.6 Å². The van der Waals surface area contributed by atoms with Crippen molar-refractivity contribution in [1.82, 2.24) is 9.88 Å². The molecule has 1 saturated heterocycles. The fourth-order valence-corrected chi connectivity index (χ4v) is 6.10. The van der Waals surface area contributed by atoms with Gasteiger partial charge in [0.2, 0.25) is 0 Å². The van der Waals surface area contributed by atoms with Crippen LogP contribution in [0.1, 0.15) is 57.0 Å². The van der Waals surface area contributed by atoms with Crippen LogP contribution < -0.4 is 4.74 Å². The maximum Gasteiger partial charge on any atom is 0.310 e. The summed E-state index contributed by atoms with van der Waals surface area (Å²) >= 11 is 1.54. The van der Waals surface area contributed by atoms with Gasteiger partial charge < -0.3 is 9.84 Å². The lowest BCUT2D eigenvalue weighted by Crippen LogP contribution is -2.53. The summed E-state index contributed by atoms with van der Waals surface area (Å²) in [5.74, 6) is 0.602. The van der Waals surface area contributed by atoms with Gasteiger partial charge in [0.25, 0.3) is 6.01 Å². The van der Waals surface area contributed by atoms with Gasteiger partial charge in [-0.3, -0.25) is 9.69 Å². The molecule has 0 amide bonds. The van der Waals surface area contributed by atoms with Crippen LogP contribution in [0.15, 0.2) is 37.0 Å². The van der Waals surface area contributed by atoms with Gasteiger partial charge in [0, 0.05) is 24.8 Å². The second-order valence-electron chi connectivity index (χ2n) is 11.2. The number of nitrogens with zero attached hydrogens (tertiary/aromatic N) is 2. The van der Waals surface area contributed by atoms with E-state index >= 15 is 0 Å². The highest BCUT2D eigenvalue weighted by molar-refractivity contribution is 7.15. The van der Waals surface area contributed by atoms with Crippen LogP contribution in [0.2, 0.25) is 0 Å². The molecule has 0 radical (unpaired) electrons. The topological polar surface area (TPSA) is 62.7 Å². The Kier molecular flexibility index (Phi) is 6.89. The van der Waals surface area contributed by atoms with Gasteiger partial charge in [-0.15, -0.1) is 11.3 Å². The number of carboxylic acid groups (broad SMARTS) is 1. The van der Waals surface area contributed by atoms with Crippen molar-refractivity contribution in [2.24, 2.45) is 22.7 Å². The fraction of sp³-hybridized carbons (Fsp3) is 0.556. The van der Waals surface area contributed by atoms with E-state index < -0.39 is 17.4 Å². The second-order valence-corrected chi connectivity index (χ2v) is 12.4. The van der Waals surface area contributed by atoms with E-state index in [1.54, 1.807) is 12.3 Å². The van der Waals surface area contributed by atoms with E-state index in [2.05, 4.69) is 37.2 Å². The van der Waals surface area contributed by atoms with Gasteiger partial charge in [0.15, 0.2) is 0 Å². The standard InChI is InChI=1S/C27H35FN2O3S/c1-17-6-9-21(22(10-17)33-18(2)28)23-13-29-24(34-23)15-30-14-20(26(3,4)5)12-27(16-30,25(31)32)11-19-7-8-19/h6,9-10,13,19-20H,2,7-8,11-12,14-16H2,1,3-5H3,(H,31,32)/t20?,27-/m1/s1. The van der Waals surface area contributed by atoms with Crippen LogP contribution in [0.25, 0.3) is 10.4 Å². The maximum absolute atomic E-state index is 13.4. The lowest BCUT2D eigenvalue weighted by Gasteiger charge is -2.48. The SMILES string of the molecule is C=C(F)Oc1cc(C)ccc1-c1cnc(CN2CC(C(C)(C)C)C[C@@](CC3CC3)(C(=O)O)C2)s1. The number of piperidine rings is 1. The number of rotatable bonds is 8. The molecule has 2 aromatic rings. The molecule has 1 N–H and O–H groups in total. The van der Waals surface area contributed by atoms with Gasteiger partial charge in [-0.1, -0.05) is 39.7 Å². The van der Waals surface area contributed by atoms with Gasteiger partial charge in [-0.25, -0.2) is 4.98 Å². The Morgan fingerprint density at radius 1 is 1.38 bits per heavy atom. The van der Waals surface area contributed by atoms with Crippen molar-refractivity contribution in [3.8, 4) is 16.2 Å². The van der Waals surface area contributed by atoms with Crippen LogP contribution in [-0.2, 0) is 11.3 Å². The average molecular weight is 487 g/mol. The number of aliphatic carboxylic acids is 1. The predicted molar refractivity (Wildman–Crippen MR) is 133 cm³/mol. The molecule has 1 aliphatic carbocycles. The minimum absolute atomic E-state index is 0.0276.